The molecule has 8 rings (SSSR count). The summed E-state index contributed by atoms with van der Waals surface area (Å²) in [5, 5.41) is 0. The van der Waals surface area contributed by atoms with Crippen LogP contribution in [0.3, 0.4) is 0 Å². The number of aryl methyl sites for hydroxylation is 4. The second-order valence-corrected chi connectivity index (χ2v) is 21.7. The molecule has 62 heavy (non-hydrogen) atoms. The van der Waals surface area contributed by atoms with Crippen molar-refractivity contribution in [3.63, 3.8) is 0 Å². The molecule has 0 bridgehead atoms. The van der Waals surface area contributed by atoms with Crippen LogP contribution in [0, 0.1) is 27.7 Å². The first kappa shape index (κ1) is 42.9. The molecule has 0 fully saturated rings. The van der Waals surface area contributed by atoms with E-state index in [1.807, 2.05) is 0 Å². The Balaban J connectivity index is 1.53. The van der Waals surface area contributed by atoms with Crippen LogP contribution >= 0.6 is 0 Å². The zero-order valence-electron chi connectivity index (χ0n) is 40.0. The van der Waals surface area contributed by atoms with Gasteiger partial charge in [-0.2, -0.15) is 0 Å². The molecule has 8 nitrogen and oxygen atoms in total. The van der Waals surface area contributed by atoms with Crippen LogP contribution in [0.25, 0.3) is 0 Å². The lowest BCUT2D eigenvalue weighted by molar-refractivity contribution is 0.524. The summed E-state index contributed by atoms with van der Waals surface area (Å²) in [7, 11) is 0. The van der Waals surface area contributed by atoms with E-state index in [4.69, 9.17) is 19.9 Å². The Kier molecular flexibility index (Phi) is 10.4. The van der Waals surface area contributed by atoms with E-state index in [-0.39, 0.29) is 21.7 Å². The average molecular weight is 827 g/mol. The van der Waals surface area contributed by atoms with E-state index in [9.17, 15) is 0 Å². The van der Waals surface area contributed by atoms with Crippen LogP contribution in [0.5, 0.6) is 0 Å². The highest BCUT2D eigenvalue weighted by atomic mass is 15.6. The van der Waals surface area contributed by atoms with Crippen molar-refractivity contribution < 1.29 is 0 Å². The van der Waals surface area contributed by atoms with Crippen LogP contribution in [0.4, 0.5) is 46.0 Å². The number of hydrogen-bond acceptors (Lipinski definition) is 8. The molecule has 0 unspecified atom stereocenters. The van der Waals surface area contributed by atoms with Crippen molar-refractivity contribution in [2.45, 2.75) is 145 Å². The minimum Gasteiger partial charge on any atom is -0.299 e. The van der Waals surface area contributed by atoms with Crippen LogP contribution in [0.1, 0.15) is 128 Å². The molecule has 2 aromatic carbocycles. The van der Waals surface area contributed by atoms with Gasteiger partial charge in [-0.25, -0.2) is 19.9 Å². The highest BCUT2D eigenvalue weighted by Crippen LogP contribution is 2.56. The van der Waals surface area contributed by atoms with Crippen molar-refractivity contribution >= 4 is 46.0 Å². The van der Waals surface area contributed by atoms with Gasteiger partial charge in [0.15, 0.2) is 12.3 Å². The monoisotopic (exact) mass is 827 g/mol. The van der Waals surface area contributed by atoms with Gasteiger partial charge in [-0.1, -0.05) is 107 Å². The van der Waals surface area contributed by atoms with Gasteiger partial charge >= 0.3 is 0 Å². The lowest BCUT2D eigenvalue weighted by atomic mass is 9.91. The van der Waals surface area contributed by atoms with Crippen molar-refractivity contribution in [1.29, 1.82) is 0 Å². The van der Waals surface area contributed by atoms with Gasteiger partial charge in [-0.3, -0.25) is 19.6 Å². The predicted octanol–water partition coefficient (Wildman–Crippen LogP) is 13.6. The summed E-state index contributed by atoms with van der Waals surface area (Å²) < 4.78 is 0. The summed E-state index contributed by atoms with van der Waals surface area (Å²) >= 11 is 0. The topological polar surface area (TPSA) is 64.5 Å². The highest BCUT2D eigenvalue weighted by Gasteiger charge is 2.53. The second-order valence-electron chi connectivity index (χ2n) is 21.7. The van der Waals surface area contributed by atoms with Crippen LogP contribution in [0.15, 0.2) is 97.1 Å². The van der Waals surface area contributed by atoms with Crippen molar-refractivity contribution in [2.24, 2.45) is 0 Å². The van der Waals surface area contributed by atoms with E-state index in [0.29, 0.717) is 0 Å². The van der Waals surface area contributed by atoms with E-state index in [0.717, 1.165) is 68.8 Å². The Morgan fingerprint density at radius 3 is 0.694 bits per heavy atom. The maximum atomic E-state index is 5.56. The maximum absolute atomic E-state index is 5.56. The first-order valence-corrected chi connectivity index (χ1v) is 22.2. The fourth-order valence-electron chi connectivity index (χ4n) is 8.61. The first-order valence-electron chi connectivity index (χ1n) is 22.2. The fourth-order valence-corrected chi connectivity index (χ4v) is 8.61. The zero-order chi connectivity index (χ0) is 44.8. The number of anilines is 8. The van der Waals surface area contributed by atoms with Gasteiger partial charge in [0.1, 0.15) is 23.3 Å². The predicted molar refractivity (Wildman–Crippen MR) is 260 cm³/mol. The molecule has 0 amide bonds. The summed E-state index contributed by atoms with van der Waals surface area (Å²) in [6.07, 6.45) is -0.880. The minimum absolute atomic E-state index is 0.176. The summed E-state index contributed by atoms with van der Waals surface area (Å²) in [5.74, 6) is 3.49. The SMILES string of the molecule is Cc1cc2c(cc1C)N(c1cccc(C(C)(C)C)n1)C(C1N(c3cccc(C(C)(C)C)n3)c3cc(C)c(C)cc3N1c1cccc(C(C)(C)C)n1)N2c1cccc(C(C)(C)C)n1. The van der Waals surface area contributed by atoms with E-state index in [2.05, 4.69) is 227 Å². The number of fused-ring (bicyclic) bond motifs is 2. The van der Waals surface area contributed by atoms with Crippen molar-refractivity contribution in [2.75, 3.05) is 19.6 Å². The number of aromatic nitrogens is 4. The van der Waals surface area contributed by atoms with Gasteiger partial charge in [-0.05, 0) is 123 Å². The number of pyridine rings is 4. The van der Waals surface area contributed by atoms with Crippen LogP contribution in [-0.4, -0.2) is 32.3 Å². The Morgan fingerprint density at radius 2 is 0.516 bits per heavy atom. The third kappa shape index (κ3) is 7.60. The normalized spacial score (nSPS) is 15.2. The van der Waals surface area contributed by atoms with Gasteiger partial charge in [0, 0.05) is 44.4 Å². The smallest absolute Gasteiger partial charge is 0.154 e. The molecule has 0 spiro atoms. The molecule has 6 heterocycles. The summed E-state index contributed by atoms with van der Waals surface area (Å²) in [4.78, 5) is 32.1. The molecule has 0 saturated carbocycles. The van der Waals surface area contributed by atoms with Gasteiger partial charge in [0.05, 0.1) is 22.7 Å². The molecular formula is C54H66N8. The number of benzene rings is 2. The second kappa shape index (κ2) is 15.0. The Morgan fingerprint density at radius 1 is 0.323 bits per heavy atom. The first-order chi connectivity index (χ1) is 28.9. The standard InChI is InChI=1S/C54H66N8/c1-33-29-37-38(30-34(33)2)60(46-26-18-22-42(56-46)52(8,9)10)49(59(37)45-25-17-21-41(55-45)51(5,6)7)50-61(47-27-19-23-43(57-47)53(11,12)13)39-31-35(3)36(4)32-40(39)62(50)48-28-20-24-44(58-48)54(14,15)16/h17-32,49-50H,1-16H3. The minimum atomic E-state index is -0.440. The van der Waals surface area contributed by atoms with E-state index in [1.165, 1.54) is 22.3 Å². The molecule has 6 aromatic rings. The lowest BCUT2D eigenvalue weighted by Crippen LogP contribution is -2.58. The Bertz CT molecular complexity index is 2300. The molecular weight excluding hydrogens is 761 g/mol. The van der Waals surface area contributed by atoms with Crippen LogP contribution < -0.4 is 19.6 Å². The van der Waals surface area contributed by atoms with Crippen molar-refractivity contribution in [3.05, 3.63) is 142 Å². The summed E-state index contributed by atoms with van der Waals surface area (Å²) in [6, 6.07) is 35.3. The lowest BCUT2D eigenvalue weighted by Gasteiger charge is -2.43. The molecule has 8 heteroatoms. The van der Waals surface area contributed by atoms with Gasteiger partial charge < -0.3 is 0 Å². The zero-order valence-corrected chi connectivity index (χ0v) is 40.0. The molecule has 2 aliphatic heterocycles. The third-order valence-corrected chi connectivity index (χ3v) is 12.5. The number of rotatable bonds is 5. The highest BCUT2D eigenvalue weighted by molar-refractivity contribution is 5.93. The molecule has 0 saturated heterocycles. The fraction of sp³-hybridized carbons (Fsp3) is 0.407. The molecule has 2 aliphatic rings. The Labute approximate surface area is 371 Å². The average Bonchev–Trinajstić information content (AvgIpc) is 3.68. The van der Waals surface area contributed by atoms with Gasteiger partial charge in [0.25, 0.3) is 0 Å². The van der Waals surface area contributed by atoms with Gasteiger partial charge in [0.2, 0.25) is 0 Å². The van der Waals surface area contributed by atoms with E-state index >= 15 is 0 Å². The molecule has 322 valence electrons. The van der Waals surface area contributed by atoms with E-state index in [1.54, 1.807) is 0 Å². The molecule has 4 aromatic heterocycles. The van der Waals surface area contributed by atoms with Crippen LogP contribution in [-0.2, 0) is 21.7 Å². The van der Waals surface area contributed by atoms with Crippen molar-refractivity contribution in [3.8, 4) is 0 Å². The van der Waals surface area contributed by atoms with E-state index < -0.39 is 12.3 Å². The molecule has 0 atom stereocenters. The molecule has 0 radical (unpaired) electrons. The third-order valence-electron chi connectivity index (χ3n) is 12.5. The largest absolute Gasteiger partial charge is 0.299 e. The van der Waals surface area contributed by atoms with Crippen molar-refractivity contribution in [1.82, 2.24) is 19.9 Å². The number of hydrogen-bond donors (Lipinski definition) is 0. The molecule has 0 aliphatic carbocycles. The number of nitrogens with zero attached hydrogens (tertiary/aromatic N) is 8. The maximum Gasteiger partial charge on any atom is 0.154 e. The summed E-state index contributed by atoms with van der Waals surface area (Å²) in [6.45, 7) is 35.7. The van der Waals surface area contributed by atoms with Gasteiger partial charge in [-0.15, -0.1) is 0 Å². The quantitative estimate of drug-likeness (QED) is 0.170. The summed E-state index contributed by atoms with van der Waals surface area (Å²) in [5.41, 5.74) is 12.6. The Hall–Kier alpha value is -5.76. The van der Waals surface area contributed by atoms with Crippen LogP contribution in [0.2, 0.25) is 0 Å². The molecule has 0 N–H and O–H groups in total.